The molecule has 2 aromatic rings. The smallest absolute Gasteiger partial charge is 0.0738 e. The van der Waals surface area contributed by atoms with Crippen molar-refractivity contribution in [2.24, 2.45) is 11.7 Å². The van der Waals surface area contributed by atoms with Gasteiger partial charge in [-0.2, -0.15) is 5.10 Å². The zero-order chi connectivity index (χ0) is 14.7. The Balaban J connectivity index is 2.18. The molecule has 0 bridgehead atoms. The molecule has 0 amide bonds. The van der Waals surface area contributed by atoms with Gasteiger partial charge >= 0.3 is 0 Å². The molecule has 2 N–H and O–H groups in total. The van der Waals surface area contributed by atoms with Crippen LogP contribution in [0.25, 0.3) is 0 Å². The van der Waals surface area contributed by atoms with Gasteiger partial charge in [0.25, 0.3) is 0 Å². The Labute approximate surface area is 129 Å². The molecule has 0 fully saturated rings. The Morgan fingerprint density at radius 3 is 2.55 bits per heavy atom. The Kier molecular flexibility index (Phi) is 5.00. The predicted molar refractivity (Wildman–Crippen MR) is 86.6 cm³/mol. The summed E-state index contributed by atoms with van der Waals surface area (Å²) in [6.07, 6.45) is 0.922. The summed E-state index contributed by atoms with van der Waals surface area (Å²) in [6.45, 7) is 7.23. The summed E-state index contributed by atoms with van der Waals surface area (Å²) in [4.78, 5) is 0. The fourth-order valence-electron chi connectivity index (χ4n) is 2.50. The number of aromatic nitrogens is 2. The van der Waals surface area contributed by atoms with Gasteiger partial charge in [0.15, 0.2) is 0 Å². The molecule has 20 heavy (non-hydrogen) atoms. The average molecular weight is 336 g/mol. The molecule has 0 saturated heterocycles. The number of rotatable bonds is 5. The summed E-state index contributed by atoms with van der Waals surface area (Å²) in [6, 6.07) is 10.3. The first kappa shape index (κ1) is 15.3. The topological polar surface area (TPSA) is 43.8 Å². The van der Waals surface area contributed by atoms with E-state index < -0.39 is 0 Å². The maximum Gasteiger partial charge on any atom is 0.0738 e. The maximum absolute atomic E-state index is 6.39. The molecule has 2 unspecified atom stereocenters. The minimum absolute atomic E-state index is 0.0450. The molecule has 0 spiro atoms. The highest BCUT2D eigenvalue weighted by Gasteiger charge is 2.20. The van der Waals surface area contributed by atoms with Gasteiger partial charge in [-0.05, 0) is 47.7 Å². The van der Waals surface area contributed by atoms with Crippen LogP contribution in [0.4, 0.5) is 0 Å². The molecule has 0 aliphatic rings. The zero-order valence-electron chi connectivity index (χ0n) is 12.3. The van der Waals surface area contributed by atoms with E-state index in [0.717, 1.165) is 23.1 Å². The van der Waals surface area contributed by atoms with E-state index in [4.69, 9.17) is 5.73 Å². The number of hydrogen-bond acceptors (Lipinski definition) is 2. The SMILES string of the molecule is CCn1nc(C)c(Br)c1CC(C)C(N)c1ccccc1. The molecule has 1 heterocycles. The highest BCUT2D eigenvalue weighted by molar-refractivity contribution is 9.10. The molecule has 2 rings (SSSR count). The second-order valence-electron chi connectivity index (χ2n) is 5.28. The van der Waals surface area contributed by atoms with E-state index in [2.05, 4.69) is 51.7 Å². The highest BCUT2D eigenvalue weighted by Crippen LogP contribution is 2.28. The lowest BCUT2D eigenvalue weighted by Gasteiger charge is -2.21. The minimum Gasteiger partial charge on any atom is -0.324 e. The van der Waals surface area contributed by atoms with Crippen LogP contribution < -0.4 is 5.73 Å². The van der Waals surface area contributed by atoms with E-state index in [1.165, 1.54) is 11.3 Å². The first-order valence-corrected chi connectivity index (χ1v) is 7.86. The lowest BCUT2D eigenvalue weighted by atomic mass is 9.91. The van der Waals surface area contributed by atoms with Crippen LogP contribution in [0.3, 0.4) is 0 Å². The summed E-state index contributed by atoms with van der Waals surface area (Å²) < 4.78 is 3.18. The third kappa shape index (κ3) is 3.13. The minimum atomic E-state index is 0.0450. The quantitative estimate of drug-likeness (QED) is 0.901. The number of halogens is 1. The zero-order valence-corrected chi connectivity index (χ0v) is 13.9. The van der Waals surface area contributed by atoms with E-state index in [-0.39, 0.29) is 6.04 Å². The second kappa shape index (κ2) is 6.55. The molecular formula is C16H22BrN3. The van der Waals surface area contributed by atoms with Crippen molar-refractivity contribution in [3.63, 3.8) is 0 Å². The first-order chi connectivity index (χ1) is 9.54. The molecule has 0 radical (unpaired) electrons. The number of benzene rings is 1. The molecule has 3 nitrogen and oxygen atoms in total. The van der Waals surface area contributed by atoms with Gasteiger partial charge in [0.1, 0.15) is 0 Å². The lowest BCUT2D eigenvalue weighted by molar-refractivity contribution is 0.448. The predicted octanol–water partition coefficient (Wildman–Crippen LogP) is 3.85. The highest BCUT2D eigenvalue weighted by atomic mass is 79.9. The van der Waals surface area contributed by atoms with Crippen molar-refractivity contribution in [2.75, 3.05) is 0 Å². The number of aryl methyl sites for hydroxylation is 2. The van der Waals surface area contributed by atoms with Crippen molar-refractivity contribution in [3.8, 4) is 0 Å². The maximum atomic E-state index is 6.39. The molecule has 1 aromatic carbocycles. The Bertz CT molecular complexity index is 563. The van der Waals surface area contributed by atoms with Crippen molar-refractivity contribution in [2.45, 2.75) is 39.8 Å². The van der Waals surface area contributed by atoms with Gasteiger partial charge in [-0.3, -0.25) is 4.68 Å². The summed E-state index contributed by atoms with van der Waals surface area (Å²) in [5.41, 5.74) is 9.86. The van der Waals surface area contributed by atoms with E-state index in [0.29, 0.717) is 5.92 Å². The van der Waals surface area contributed by atoms with E-state index in [9.17, 15) is 0 Å². The third-order valence-electron chi connectivity index (χ3n) is 3.77. The third-order valence-corrected chi connectivity index (χ3v) is 4.80. The molecule has 0 aliphatic heterocycles. The van der Waals surface area contributed by atoms with Gasteiger partial charge in [0.2, 0.25) is 0 Å². The largest absolute Gasteiger partial charge is 0.324 e. The average Bonchev–Trinajstić information content (AvgIpc) is 2.75. The fraction of sp³-hybridized carbons (Fsp3) is 0.438. The van der Waals surface area contributed by atoms with Crippen molar-refractivity contribution < 1.29 is 0 Å². The molecule has 108 valence electrons. The summed E-state index contributed by atoms with van der Waals surface area (Å²) in [5.74, 6) is 0.357. The summed E-state index contributed by atoms with van der Waals surface area (Å²) in [7, 11) is 0. The number of nitrogens with zero attached hydrogens (tertiary/aromatic N) is 2. The van der Waals surface area contributed by atoms with E-state index in [1.54, 1.807) is 0 Å². The molecule has 2 atom stereocenters. The van der Waals surface area contributed by atoms with Crippen molar-refractivity contribution in [1.29, 1.82) is 0 Å². The van der Waals surface area contributed by atoms with Crippen molar-refractivity contribution >= 4 is 15.9 Å². The van der Waals surface area contributed by atoms with E-state index >= 15 is 0 Å². The second-order valence-corrected chi connectivity index (χ2v) is 6.07. The van der Waals surface area contributed by atoms with Crippen LogP contribution >= 0.6 is 15.9 Å². The van der Waals surface area contributed by atoms with Crippen LogP contribution in [0.15, 0.2) is 34.8 Å². The normalized spacial score (nSPS) is 14.2. The van der Waals surface area contributed by atoms with Gasteiger partial charge in [-0.25, -0.2) is 0 Å². The molecule has 4 heteroatoms. The lowest BCUT2D eigenvalue weighted by Crippen LogP contribution is -2.22. The van der Waals surface area contributed by atoms with Crippen LogP contribution in [0.5, 0.6) is 0 Å². The van der Waals surface area contributed by atoms with E-state index in [1.807, 2.05) is 25.1 Å². The Morgan fingerprint density at radius 1 is 1.30 bits per heavy atom. The number of nitrogens with two attached hydrogens (primary N) is 1. The Morgan fingerprint density at radius 2 is 1.95 bits per heavy atom. The van der Waals surface area contributed by atoms with Crippen LogP contribution in [0.1, 0.15) is 36.8 Å². The molecule has 0 aliphatic carbocycles. The fourth-order valence-corrected chi connectivity index (χ4v) is 2.95. The van der Waals surface area contributed by atoms with Crippen molar-refractivity contribution in [3.05, 3.63) is 51.8 Å². The number of hydrogen-bond donors (Lipinski definition) is 1. The molecule has 1 aromatic heterocycles. The van der Waals surface area contributed by atoms with Gasteiger partial charge in [0, 0.05) is 12.6 Å². The Hall–Kier alpha value is -1.13. The molecular weight excluding hydrogens is 314 g/mol. The van der Waals surface area contributed by atoms with Crippen molar-refractivity contribution in [1.82, 2.24) is 9.78 Å². The first-order valence-electron chi connectivity index (χ1n) is 7.06. The van der Waals surface area contributed by atoms with Gasteiger partial charge < -0.3 is 5.73 Å². The van der Waals surface area contributed by atoms with Crippen LogP contribution in [0.2, 0.25) is 0 Å². The molecule has 0 saturated carbocycles. The summed E-state index contributed by atoms with van der Waals surface area (Å²) >= 11 is 3.65. The van der Waals surface area contributed by atoms with Gasteiger partial charge in [-0.1, -0.05) is 37.3 Å². The van der Waals surface area contributed by atoms with Crippen LogP contribution in [0, 0.1) is 12.8 Å². The standard InChI is InChI=1S/C16H22BrN3/c1-4-20-14(15(17)12(3)19-20)10-11(2)16(18)13-8-6-5-7-9-13/h5-9,11,16H,4,10,18H2,1-3H3. The van der Waals surface area contributed by atoms with Gasteiger partial charge in [-0.15, -0.1) is 0 Å². The van der Waals surface area contributed by atoms with Gasteiger partial charge in [0.05, 0.1) is 15.9 Å². The van der Waals surface area contributed by atoms with Crippen LogP contribution in [-0.4, -0.2) is 9.78 Å². The van der Waals surface area contributed by atoms with Crippen LogP contribution in [-0.2, 0) is 13.0 Å². The summed E-state index contributed by atoms with van der Waals surface area (Å²) in [5, 5.41) is 4.54. The monoisotopic (exact) mass is 335 g/mol.